The molecule has 3 heteroatoms. The van der Waals surface area contributed by atoms with Gasteiger partial charge in [-0.25, -0.2) is 0 Å². The number of halogens is 1. The first-order valence-electron chi connectivity index (χ1n) is 5.35. The first-order valence-corrected chi connectivity index (χ1v) is 5.35. The van der Waals surface area contributed by atoms with Crippen molar-refractivity contribution < 1.29 is 4.74 Å². The molecule has 1 aliphatic heterocycles. The van der Waals surface area contributed by atoms with E-state index in [2.05, 4.69) is 4.90 Å². The third-order valence-corrected chi connectivity index (χ3v) is 2.62. The van der Waals surface area contributed by atoms with Gasteiger partial charge in [0.1, 0.15) is 12.4 Å². The number of rotatable bonds is 4. The third kappa shape index (κ3) is 4.10. The predicted molar refractivity (Wildman–Crippen MR) is 64.9 cm³/mol. The second kappa shape index (κ2) is 6.70. The van der Waals surface area contributed by atoms with Crippen molar-refractivity contribution in [3.05, 3.63) is 30.3 Å². The Morgan fingerprint density at radius 2 is 1.73 bits per heavy atom. The topological polar surface area (TPSA) is 12.5 Å². The highest BCUT2D eigenvalue weighted by atomic mass is 35.5. The van der Waals surface area contributed by atoms with E-state index in [1.807, 2.05) is 30.3 Å². The molecule has 0 spiro atoms. The van der Waals surface area contributed by atoms with Gasteiger partial charge in [-0.15, -0.1) is 12.4 Å². The van der Waals surface area contributed by atoms with Crippen LogP contribution in [0.1, 0.15) is 12.8 Å². The Labute approximate surface area is 97.6 Å². The smallest absolute Gasteiger partial charge is 0.119 e. The maximum atomic E-state index is 5.63. The molecular formula is C12H18ClNO. The normalized spacial score (nSPS) is 16.0. The van der Waals surface area contributed by atoms with E-state index in [0.29, 0.717) is 0 Å². The first-order chi connectivity index (χ1) is 6.95. The zero-order chi connectivity index (χ0) is 9.64. The van der Waals surface area contributed by atoms with Gasteiger partial charge >= 0.3 is 0 Å². The van der Waals surface area contributed by atoms with Gasteiger partial charge in [0, 0.05) is 6.54 Å². The largest absolute Gasteiger partial charge is 0.492 e. The minimum Gasteiger partial charge on any atom is -0.492 e. The summed E-state index contributed by atoms with van der Waals surface area (Å²) in [5.41, 5.74) is 0. The average molecular weight is 228 g/mol. The van der Waals surface area contributed by atoms with Gasteiger partial charge in [-0.2, -0.15) is 0 Å². The molecule has 0 N–H and O–H groups in total. The van der Waals surface area contributed by atoms with E-state index in [0.717, 1.165) is 18.9 Å². The van der Waals surface area contributed by atoms with Crippen molar-refractivity contribution >= 4 is 12.4 Å². The quantitative estimate of drug-likeness (QED) is 0.784. The van der Waals surface area contributed by atoms with Crippen LogP contribution < -0.4 is 4.74 Å². The lowest BCUT2D eigenvalue weighted by molar-refractivity contribution is 0.238. The number of ether oxygens (including phenoxy) is 1. The Kier molecular flexibility index (Phi) is 5.51. The van der Waals surface area contributed by atoms with Crippen LogP contribution in [0.25, 0.3) is 0 Å². The minimum atomic E-state index is 0. The highest BCUT2D eigenvalue weighted by Gasteiger charge is 2.10. The number of para-hydroxylation sites is 1. The van der Waals surface area contributed by atoms with Crippen LogP contribution in [0.2, 0.25) is 0 Å². The van der Waals surface area contributed by atoms with Crippen LogP contribution >= 0.6 is 12.4 Å². The molecule has 1 aromatic rings. The van der Waals surface area contributed by atoms with Gasteiger partial charge in [0.25, 0.3) is 0 Å². The Morgan fingerprint density at radius 1 is 1.07 bits per heavy atom. The fourth-order valence-electron chi connectivity index (χ4n) is 1.82. The van der Waals surface area contributed by atoms with Gasteiger partial charge in [-0.1, -0.05) is 18.2 Å². The zero-order valence-corrected chi connectivity index (χ0v) is 9.71. The SMILES string of the molecule is Cl.c1ccc(OCCN2CCCC2)cc1. The molecule has 0 radical (unpaired) electrons. The molecule has 1 saturated heterocycles. The average Bonchev–Trinajstić information content (AvgIpc) is 2.72. The van der Waals surface area contributed by atoms with E-state index in [4.69, 9.17) is 4.74 Å². The van der Waals surface area contributed by atoms with Crippen LogP contribution in [-0.2, 0) is 0 Å². The van der Waals surface area contributed by atoms with E-state index in [9.17, 15) is 0 Å². The Bertz CT molecular complexity index is 260. The predicted octanol–water partition coefficient (Wildman–Crippen LogP) is 2.58. The molecule has 15 heavy (non-hydrogen) atoms. The Balaban J connectivity index is 0.00000112. The number of hydrogen-bond donors (Lipinski definition) is 0. The number of benzene rings is 1. The number of nitrogens with zero attached hydrogens (tertiary/aromatic N) is 1. The summed E-state index contributed by atoms with van der Waals surface area (Å²) < 4.78 is 5.63. The number of hydrogen-bond acceptors (Lipinski definition) is 2. The van der Waals surface area contributed by atoms with Crippen LogP contribution in [0.3, 0.4) is 0 Å². The van der Waals surface area contributed by atoms with Crippen molar-refractivity contribution in [2.75, 3.05) is 26.2 Å². The first kappa shape index (κ1) is 12.3. The van der Waals surface area contributed by atoms with Crippen molar-refractivity contribution in [3.8, 4) is 5.75 Å². The van der Waals surface area contributed by atoms with Crippen molar-refractivity contribution in [2.24, 2.45) is 0 Å². The zero-order valence-electron chi connectivity index (χ0n) is 8.89. The van der Waals surface area contributed by atoms with Crippen molar-refractivity contribution in [1.29, 1.82) is 0 Å². The second-order valence-corrected chi connectivity index (χ2v) is 3.71. The standard InChI is InChI=1S/C12H17NO.ClH/c1-2-6-12(7-3-1)14-11-10-13-8-4-5-9-13;/h1-3,6-7H,4-5,8-11H2;1H. The van der Waals surface area contributed by atoms with E-state index in [1.54, 1.807) is 0 Å². The van der Waals surface area contributed by atoms with Crippen molar-refractivity contribution in [2.45, 2.75) is 12.8 Å². The molecule has 0 saturated carbocycles. The van der Waals surface area contributed by atoms with Gasteiger partial charge in [0.2, 0.25) is 0 Å². The lowest BCUT2D eigenvalue weighted by Crippen LogP contribution is -2.25. The summed E-state index contributed by atoms with van der Waals surface area (Å²) in [6, 6.07) is 10.0. The van der Waals surface area contributed by atoms with Crippen molar-refractivity contribution in [1.82, 2.24) is 4.90 Å². The molecule has 1 aromatic carbocycles. The molecule has 1 fully saturated rings. The maximum Gasteiger partial charge on any atom is 0.119 e. The highest BCUT2D eigenvalue weighted by molar-refractivity contribution is 5.85. The molecule has 0 aliphatic carbocycles. The molecule has 0 bridgehead atoms. The Hall–Kier alpha value is -0.730. The molecule has 0 atom stereocenters. The van der Waals surface area contributed by atoms with Crippen LogP contribution in [0.4, 0.5) is 0 Å². The minimum absolute atomic E-state index is 0. The van der Waals surface area contributed by atoms with Gasteiger partial charge in [0.15, 0.2) is 0 Å². The molecule has 0 unspecified atom stereocenters. The van der Waals surface area contributed by atoms with Gasteiger partial charge in [0.05, 0.1) is 0 Å². The molecule has 0 amide bonds. The van der Waals surface area contributed by atoms with E-state index in [-0.39, 0.29) is 12.4 Å². The van der Waals surface area contributed by atoms with Crippen LogP contribution in [0.5, 0.6) is 5.75 Å². The van der Waals surface area contributed by atoms with Crippen molar-refractivity contribution in [3.63, 3.8) is 0 Å². The summed E-state index contributed by atoms with van der Waals surface area (Å²) in [5, 5.41) is 0. The summed E-state index contributed by atoms with van der Waals surface area (Å²) >= 11 is 0. The molecule has 2 nitrogen and oxygen atoms in total. The molecule has 1 heterocycles. The monoisotopic (exact) mass is 227 g/mol. The van der Waals surface area contributed by atoms with E-state index >= 15 is 0 Å². The summed E-state index contributed by atoms with van der Waals surface area (Å²) in [4.78, 5) is 2.46. The Morgan fingerprint density at radius 3 is 2.40 bits per heavy atom. The fraction of sp³-hybridized carbons (Fsp3) is 0.500. The summed E-state index contributed by atoms with van der Waals surface area (Å²) in [5.74, 6) is 0.978. The van der Waals surface area contributed by atoms with E-state index in [1.165, 1.54) is 25.9 Å². The lowest BCUT2D eigenvalue weighted by Gasteiger charge is -2.14. The molecule has 84 valence electrons. The summed E-state index contributed by atoms with van der Waals surface area (Å²) in [6.45, 7) is 4.37. The van der Waals surface area contributed by atoms with Crippen LogP contribution in [0, 0.1) is 0 Å². The van der Waals surface area contributed by atoms with Gasteiger partial charge in [-0.05, 0) is 38.1 Å². The van der Waals surface area contributed by atoms with Gasteiger partial charge < -0.3 is 4.74 Å². The molecular weight excluding hydrogens is 210 g/mol. The number of likely N-dealkylation sites (tertiary alicyclic amines) is 1. The van der Waals surface area contributed by atoms with Gasteiger partial charge in [-0.3, -0.25) is 4.90 Å². The summed E-state index contributed by atoms with van der Waals surface area (Å²) in [6.07, 6.45) is 2.71. The molecule has 1 aliphatic rings. The lowest BCUT2D eigenvalue weighted by atomic mass is 10.3. The molecule has 0 aromatic heterocycles. The fourth-order valence-corrected chi connectivity index (χ4v) is 1.82. The summed E-state index contributed by atoms with van der Waals surface area (Å²) in [7, 11) is 0. The highest BCUT2D eigenvalue weighted by Crippen LogP contribution is 2.09. The van der Waals surface area contributed by atoms with E-state index < -0.39 is 0 Å². The second-order valence-electron chi connectivity index (χ2n) is 3.71. The van der Waals surface area contributed by atoms with Crippen LogP contribution in [0.15, 0.2) is 30.3 Å². The molecule has 2 rings (SSSR count). The van der Waals surface area contributed by atoms with Crippen LogP contribution in [-0.4, -0.2) is 31.1 Å². The third-order valence-electron chi connectivity index (χ3n) is 2.62. The maximum absolute atomic E-state index is 5.63.